The Kier molecular flexibility index (Phi) is 8.02. The van der Waals surface area contributed by atoms with E-state index in [4.69, 9.17) is 9.47 Å². The Morgan fingerprint density at radius 1 is 1.05 bits per heavy atom. The molecule has 41 heavy (non-hydrogen) atoms. The van der Waals surface area contributed by atoms with E-state index in [0.29, 0.717) is 30.6 Å². The number of aliphatic hydroxyl groups excluding tert-OH is 1. The van der Waals surface area contributed by atoms with E-state index in [2.05, 4.69) is 0 Å². The van der Waals surface area contributed by atoms with Gasteiger partial charge in [-0.15, -0.1) is 0 Å². The van der Waals surface area contributed by atoms with Crippen molar-refractivity contribution in [2.45, 2.75) is 30.2 Å². The molecule has 218 valence electrons. The van der Waals surface area contributed by atoms with Crippen LogP contribution in [0.4, 0.5) is 5.69 Å². The smallest absolute Gasteiger partial charge is 0.296 e. The van der Waals surface area contributed by atoms with E-state index >= 15 is 0 Å². The predicted molar refractivity (Wildman–Crippen MR) is 150 cm³/mol. The molecule has 0 aliphatic carbocycles. The molecule has 3 aliphatic rings. The number of carbonyl (C=O) groups is 3. The number of likely N-dealkylation sites (tertiary alicyclic amines) is 1. The number of fused-ring (bicyclic) bond motifs is 2. The van der Waals surface area contributed by atoms with Gasteiger partial charge in [0.05, 0.1) is 29.4 Å². The predicted octanol–water partition coefficient (Wildman–Crippen LogP) is 2.08. The normalized spacial score (nSPS) is 22.6. The molecule has 1 atom stereocenters. The zero-order valence-electron chi connectivity index (χ0n) is 23.0. The van der Waals surface area contributed by atoms with E-state index in [-0.39, 0.29) is 55.5 Å². The first-order valence-corrected chi connectivity index (χ1v) is 15.0. The summed E-state index contributed by atoms with van der Waals surface area (Å²) in [7, 11) is -2.41. The largest absolute Gasteiger partial charge is 0.507 e. The summed E-state index contributed by atoms with van der Waals surface area (Å²) >= 11 is 0. The molecule has 2 aromatic rings. The van der Waals surface area contributed by atoms with Crippen LogP contribution in [-0.4, -0.2) is 93.4 Å². The fourth-order valence-corrected chi connectivity index (χ4v) is 7.32. The van der Waals surface area contributed by atoms with Gasteiger partial charge in [0.2, 0.25) is 10.0 Å². The molecule has 2 fully saturated rings. The van der Waals surface area contributed by atoms with Crippen molar-refractivity contribution in [1.29, 1.82) is 0 Å². The summed E-state index contributed by atoms with van der Waals surface area (Å²) < 4.78 is 38.4. The lowest BCUT2D eigenvalue weighted by Gasteiger charge is -2.34. The van der Waals surface area contributed by atoms with Gasteiger partial charge in [0.25, 0.3) is 17.6 Å². The number of ether oxygens (including phenoxy) is 2. The van der Waals surface area contributed by atoms with Crippen LogP contribution in [0, 0.1) is 0 Å². The molecule has 5 rings (SSSR count). The van der Waals surface area contributed by atoms with Gasteiger partial charge < -0.3 is 24.4 Å². The minimum atomic E-state index is -3.93. The van der Waals surface area contributed by atoms with Gasteiger partial charge in [-0.05, 0) is 31.0 Å². The molecule has 11 nitrogen and oxygen atoms in total. The molecule has 1 N–H and O–H groups in total. The number of methoxy groups -OCH3 is 1. The molecule has 1 spiro atoms. The molecule has 0 radical (unpaired) electrons. The Labute approximate surface area is 239 Å². The van der Waals surface area contributed by atoms with Crippen molar-refractivity contribution in [1.82, 2.24) is 9.21 Å². The fourth-order valence-electron chi connectivity index (χ4n) is 5.86. The Morgan fingerprint density at radius 2 is 1.78 bits per heavy atom. The molecule has 1 unspecified atom stereocenters. The number of hydrogen-bond acceptors (Lipinski definition) is 8. The van der Waals surface area contributed by atoms with Crippen molar-refractivity contribution in [2.75, 3.05) is 58.0 Å². The number of Topliss-reactive ketones (excluding diaryl/α,β-unsaturated/α-hetero) is 1. The third-order valence-electron chi connectivity index (χ3n) is 7.70. The lowest BCUT2D eigenvalue weighted by atomic mass is 9.82. The number of ketones is 1. The summed E-state index contributed by atoms with van der Waals surface area (Å²) in [6.07, 6.45) is 0.968. The molecular weight excluding hydrogens is 550 g/mol. The number of anilines is 1. The molecular formula is C29H33N3O8S. The molecule has 0 aromatic heterocycles. The van der Waals surface area contributed by atoms with Crippen molar-refractivity contribution in [2.24, 2.45) is 0 Å². The van der Waals surface area contributed by atoms with Crippen LogP contribution >= 0.6 is 0 Å². The molecule has 2 aromatic carbocycles. The highest BCUT2D eigenvalue weighted by Gasteiger charge is 2.66. The van der Waals surface area contributed by atoms with Gasteiger partial charge in [-0.3, -0.25) is 14.4 Å². The van der Waals surface area contributed by atoms with E-state index in [1.165, 1.54) is 45.5 Å². The van der Waals surface area contributed by atoms with Gasteiger partial charge in [-0.25, -0.2) is 8.42 Å². The molecule has 12 heteroatoms. The first-order valence-electron chi connectivity index (χ1n) is 13.6. The molecule has 3 heterocycles. The summed E-state index contributed by atoms with van der Waals surface area (Å²) in [5, 5.41) is 11.7. The number of amides is 2. The highest BCUT2D eigenvalue weighted by molar-refractivity contribution is 7.89. The summed E-state index contributed by atoms with van der Waals surface area (Å²) in [4.78, 5) is 44.3. The summed E-state index contributed by atoms with van der Waals surface area (Å²) in [5.41, 5.74) is -1.32. The van der Waals surface area contributed by atoms with Crippen LogP contribution in [0.3, 0.4) is 0 Å². The number of sulfonamides is 1. The average molecular weight is 584 g/mol. The third-order valence-corrected chi connectivity index (χ3v) is 9.60. The third kappa shape index (κ3) is 4.55. The highest BCUT2D eigenvalue weighted by atomic mass is 32.2. The van der Waals surface area contributed by atoms with Crippen LogP contribution in [0.25, 0.3) is 5.76 Å². The minimum Gasteiger partial charge on any atom is -0.507 e. The summed E-state index contributed by atoms with van der Waals surface area (Å²) in [5.74, 6) is -3.06. The molecule has 3 aliphatic heterocycles. The minimum absolute atomic E-state index is 0.00724. The van der Waals surface area contributed by atoms with Crippen molar-refractivity contribution >= 4 is 39.1 Å². The standard InChI is InChI=1S/C29H33N3O8S/c1-3-12-31-23-11-5-4-10-22(23)29(28(31)36)24(26(34)27(35)32(29)13-7-16-39-2)25(33)20-8-6-9-21(19-20)41(37,38)30-14-17-40-18-15-30/h4-6,8-11,19,33H,3,7,12-18H2,1-2H3/b25-24+. The van der Waals surface area contributed by atoms with Crippen LogP contribution in [0.5, 0.6) is 0 Å². The second kappa shape index (κ2) is 11.4. The molecule has 0 saturated carbocycles. The van der Waals surface area contributed by atoms with Crippen LogP contribution < -0.4 is 4.90 Å². The lowest BCUT2D eigenvalue weighted by Crippen LogP contribution is -2.52. The maximum absolute atomic E-state index is 14.4. The Balaban J connectivity index is 1.71. The zero-order chi connectivity index (χ0) is 29.4. The van der Waals surface area contributed by atoms with Crippen molar-refractivity contribution in [3.05, 3.63) is 65.2 Å². The number of morpholine rings is 1. The van der Waals surface area contributed by atoms with Crippen molar-refractivity contribution in [3.8, 4) is 0 Å². The number of aliphatic hydroxyl groups is 1. The highest BCUT2D eigenvalue weighted by Crippen LogP contribution is 2.53. The second-order valence-electron chi connectivity index (χ2n) is 10.1. The lowest BCUT2D eigenvalue weighted by molar-refractivity contribution is -0.143. The molecule has 2 amide bonds. The topological polar surface area (TPSA) is 134 Å². The van der Waals surface area contributed by atoms with Gasteiger partial charge >= 0.3 is 0 Å². The number of para-hydroxylation sites is 1. The quantitative estimate of drug-likeness (QED) is 0.205. The number of nitrogens with zero attached hydrogens (tertiary/aromatic N) is 3. The first kappa shape index (κ1) is 28.9. The average Bonchev–Trinajstić information content (AvgIpc) is 3.36. The number of carbonyl (C=O) groups excluding carboxylic acids is 3. The second-order valence-corrected chi connectivity index (χ2v) is 12.0. The van der Waals surface area contributed by atoms with Gasteiger partial charge in [0.1, 0.15) is 5.76 Å². The molecule has 2 saturated heterocycles. The number of benzene rings is 2. The van der Waals surface area contributed by atoms with Gasteiger partial charge in [0.15, 0.2) is 5.54 Å². The van der Waals surface area contributed by atoms with Crippen LogP contribution in [0.2, 0.25) is 0 Å². The number of hydrogen-bond donors (Lipinski definition) is 1. The first-order chi connectivity index (χ1) is 19.7. The van der Waals surface area contributed by atoms with E-state index in [1.54, 1.807) is 24.3 Å². The molecule has 0 bridgehead atoms. The van der Waals surface area contributed by atoms with Gasteiger partial charge in [-0.2, -0.15) is 4.31 Å². The fraction of sp³-hybridized carbons (Fsp3) is 0.414. The SMILES string of the molecule is CCCN1C(=O)C2(/C(=C(/O)c3cccc(S(=O)(=O)N4CCOCC4)c3)C(=O)C(=O)N2CCCOC)c2ccccc21. The van der Waals surface area contributed by atoms with E-state index in [0.717, 1.165) is 0 Å². The monoisotopic (exact) mass is 583 g/mol. The van der Waals surface area contributed by atoms with Crippen LogP contribution in [0.15, 0.2) is 59.0 Å². The number of rotatable bonds is 9. The van der Waals surface area contributed by atoms with E-state index < -0.39 is 38.9 Å². The Bertz CT molecular complexity index is 1520. The summed E-state index contributed by atoms with van der Waals surface area (Å²) in [6, 6.07) is 12.5. The summed E-state index contributed by atoms with van der Waals surface area (Å²) in [6.45, 7) is 3.47. The van der Waals surface area contributed by atoms with Crippen molar-refractivity contribution < 1.29 is 37.4 Å². The van der Waals surface area contributed by atoms with Crippen LogP contribution in [-0.2, 0) is 39.4 Å². The Morgan fingerprint density at radius 3 is 2.49 bits per heavy atom. The van der Waals surface area contributed by atoms with E-state index in [1.807, 2.05) is 6.92 Å². The van der Waals surface area contributed by atoms with Crippen molar-refractivity contribution in [3.63, 3.8) is 0 Å². The van der Waals surface area contributed by atoms with Gasteiger partial charge in [-0.1, -0.05) is 37.3 Å². The van der Waals surface area contributed by atoms with E-state index in [9.17, 15) is 27.9 Å². The van der Waals surface area contributed by atoms with Crippen LogP contribution in [0.1, 0.15) is 30.9 Å². The maximum atomic E-state index is 14.4. The zero-order valence-corrected chi connectivity index (χ0v) is 23.9. The van der Waals surface area contributed by atoms with Gasteiger partial charge in [0, 0.05) is 51.0 Å². The Hall–Kier alpha value is -3.58. The maximum Gasteiger partial charge on any atom is 0.296 e.